The van der Waals surface area contributed by atoms with Crippen LogP contribution in [0.4, 0.5) is 0 Å². The molecule has 0 aliphatic heterocycles. The predicted octanol–water partition coefficient (Wildman–Crippen LogP) is 1.71. The molecule has 0 aromatic heterocycles. The summed E-state index contributed by atoms with van der Waals surface area (Å²) in [5, 5.41) is 3.43. The molecule has 0 fully saturated rings. The molecular formula is C13H30N2O2. The number of hydrogen-bond donors (Lipinski definition) is 1. The van der Waals surface area contributed by atoms with Crippen LogP contribution < -0.4 is 5.32 Å². The van der Waals surface area contributed by atoms with Crippen molar-refractivity contribution in [1.82, 2.24) is 10.2 Å². The number of nitrogens with one attached hydrogen (secondary N) is 1. The van der Waals surface area contributed by atoms with Crippen LogP contribution in [0, 0.1) is 0 Å². The molecule has 1 N–H and O–H groups in total. The van der Waals surface area contributed by atoms with Crippen LogP contribution in [0.15, 0.2) is 0 Å². The van der Waals surface area contributed by atoms with Crippen molar-refractivity contribution in [3.8, 4) is 0 Å². The Morgan fingerprint density at radius 3 is 2.18 bits per heavy atom. The van der Waals surface area contributed by atoms with E-state index < -0.39 is 0 Å². The summed E-state index contributed by atoms with van der Waals surface area (Å²) in [6, 6.07) is 0. The highest BCUT2D eigenvalue weighted by Crippen LogP contribution is 1.99. The van der Waals surface area contributed by atoms with E-state index in [9.17, 15) is 0 Å². The van der Waals surface area contributed by atoms with Crippen molar-refractivity contribution in [3.63, 3.8) is 0 Å². The van der Waals surface area contributed by atoms with Crippen molar-refractivity contribution >= 4 is 0 Å². The molecule has 17 heavy (non-hydrogen) atoms. The van der Waals surface area contributed by atoms with E-state index in [0.29, 0.717) is 13.2 Å². The molecule has 0 spiro atoms. The number of hydrogen-bond acceptors (Lipinski definition) is 4. The molecule has 0 atom stereocenters. The van der Waals surface area contributed by atoms with Crippen LogP contribution in [0.5, 0.6) is 0 Å². The van der Waals surface area contributed by atoms with Gasteiger partial charge in [0.2, 0.25) is 0 Å². The van der Waals surface area contributed by atoms with E-state index in [0.717, 1.165) is 19.5 Å². The highest BCUT2D eigenvalue weighted by Gasteiger charge is 2.06. The molecule has 0 rings (SSSR count). The standard InChI is InChI=1S/C13H30N2O2/c1-5-16-13(17-6-2)9-11-14-10-7-8-12-15(3)4/h13-14H,5-12H2,1-4H3. The van der Waals surface area contributed by atoms with E-state index in [2.05, 4.69) is 24.3 Å². The molecule has 0 bridgehead atoms. The number of ether oxygens (including phenoxy) is 2. The molecule has 0 unspecified atom stereocenters. The molecule has 4 heteroatoms. The Morgan fingerprint density at radius 2 is 1.65 bits per heavy atom. The van der Waals surface area contributed by atoms with Crippen molar-refractivity contribution in [2.24, 2.45) is 0 Å². The Hall–Kier alpha value is -0.160. The van der Waals surface area contributed by atoms with Crippen molar-refractivity contribution in [2.75, 3.05) is 46.9 Å². The van der Waals surface area contributed by atoms with Gasteiger partial charge in [-0.05, 0) is 60.4 Å². The maximum atomic E-state index is 5.47. The van der Waals surface area contributed by atoms with Gasteiger partial charge in [-0.3, -0.25) is 0 Å². The number of rotatable bonds is 12. The van der Waals surface area contributed by atoms with E-state index in [1.807, 2.05) is 13.8 Å². The molecule has 0 heterocycles. The Kier molecular flexibility index (Phi) is 12.2. The average molecular weight is 246 g/mol. The van der Waals surface area contributed by atoms with Gasteiger partial charge >= 0.3 is 0 Å². The van der Waals surface area contributed by atoms with Gasteiger partial charge in [-0.2, -0.15) is 0 Å². The lowest BCUT2D eigenvalue weighted by atomic mass is 10.3. The van der Waals surface area contributed by atoms with E-state index >= 15 is 0 Å². The minimum absolute atomic E-state index is 0.0423. The molecule has 4 nitrogen and oxygen atoms in total. The van der Waals surface area contributed by atoms with E-state index in [1.54, 1.807) is 0 Å². The zero-order valence-electron chi connectivity index (χ0n) is 12.0. The Labute approximate surface area is 107 Å². The lowest BCUT2D eigenvalue weighted by Gasteiger charge is -2.17. The van der Waals surface area contributed by atoms with Gasteiger partial charge in [0.15, 0.2) is 6.29 Å². The van der Waals surface area contributed by atoms with Gasteiger partial charge in [0, 0.05) is 19.6 Å². The van der Waals surface area contributed by atoms with Gasteiger partial charge in [0.25, 0.3) is 0 Å². The topological polar surface area (TPSA) is 33.7 Å². The average Bonchev–Trinajstić information content (AvgIpc) is 2.28. The second kappa shape index (κ2) is 12.3. The van der Waals surface area contributed by atoms with Crippen LogP contribution in [-0.4, -0.2) is 58.1 Å². The summed E-state index contributed by atoms with van der Waals surface area (Å²) in [4.78, 5) is 2.22. The first-order valence-corrected chi connectivity index (χ1v) is 6.79. The zero-order chi connectivity index (χ0) is 12.9. The van der Waals surface area contributed by atoms with Gasteiger partial charge in [-0.15, -0.1) is 0 Å². The van der Waals surface area contributed by atoms with Crippen LogP contribution in [0.2, 0.25) is 0 Å². The molecule has 104 valence electrons. The fraction of sp³-hybridized carbons (Fsp3) is 1.00. The highest BCUT2D eigenvalue weighted by molar-refractivity contribution is 4.53. The first kappa shape index (κ1) is 16.8. The summed E-state index contributed by atoms with van der Waals surface area (Å²) in [5.74, 6) is 0. The molecule has 0 radical (unpaired) electrons. The van der Waals surface area contributed by atoms with Crippen LogP contribution in [-0.2, 0) is 9.47 Å². The largest absolute Gasteiger partial charge is 0.353 e. The van der Waals surface area contributed by atoms with Crippen molar-refractivity contribution in [1.29, 1.82) is 0 Å². The van der Waals surface area contributed by atoms with E-state index in [-0.39, 0.29) is 6.29 Å². The molecule has 0 aliphatic rings. The third kappa shape index (κ3) is 12.1. The Balaban J connectivity index is 3.29. The monoisotopic (exact) mass is 246 g/mol. The highest BCUT2D eigenvalue weighted by atomic mass is 16.7. The first-order chi connectivity index (χ1) is 8.20. The zero-order valence-corrected chi connectivity index (χ0v) is 12.0. The lowest BCUT2D eigenvalue weighted by molar-refractivity contribution is -0.138. The van der Waals surface area contributed by atoms with Crippen molar-refractivity contribution in [3.05, 3.63) is 0 Å². The molecular weight excluding hydrogens is 216 g/mol. The van der Waals surface area contributed by atoms with Gasteiger partial charge in [-0.25, -0.2) is 0 Å². The summed E-state index contributed by atoms with van der Waals surface area (Å²) in [7, 11) is 4.23. The molecule has 0 saturated carbocycles. The minimum atomic E-state index is -0.0423. The summed E-state index contributed by atoms with van der Waals surface area (Å²) >= 11 is 0. The van der Waals surface area contributed by atoms with Crippen LogP contribution in [0.1, 0.15) is 33.1 Å². The SMILES string of the molecule is CCOC(CCNCCCCN(C)C)OCC. The molecule has 0 aromatic carbocycles. The van der Waals surface area contributed by atoms with Gasteiger partial charge < -0.3 is 19.7 Å². The predicted molar refractivity (Wildman–Crippen MR) is 72.3 cm³/mol. The number of nitrogens with zero attached hydrogens (tertiary/aromatic N) is 1. The lowest BCUT2D eigenvalue weighted by Crippen LogP contribution is -2.25. The Bertz CT molecular complexity index is 148. The normalized spacial score (nSPS) is 11.6. The summed E-state index contributed by atoms with van der Waals surface area (Å²) in [6.45, 7) is 8.65. The van der Waals surface area contributed by atoms with Gasteiger partial charge in [-0.1, -0.05) is 0 Å². The number of unbranched alkanes of at least 4 members (excludes halogenated alkanes) is 1. The second-order valence-corrected chi connectivity index (χ2v) is 4.39. The van der Waals surface area contributed by atoms with Gasteiger partial charge in [0.05, 0.1) is 0 Å². The third-order valence-electron chi connectivity index (χ3n) is 2.47. The second-order valence-electron chi connectivity index (χ2n) is 4.39. The fourth-order valence-corrected chi connectivity index (χ4v) is 1.61. The molecule has 0 saturated heterocycles. The Morgan fingerprint density at radius 1 is 1.00 bits per heavy atom. The van der Waals surface area contributed by atoms with Crippen LogP contribution >= 0.6 is 0 Å². The first-order valence-electron chi connectivity index (χ1n) is 6.79. The maximum absolute atomic E-state index is 5.47. The molecule has 0 aliphatic carbocycles. The smallest absolute Gasteiger partial charge is 0.158 e. The summed E-state index contributed by atoms with van der Waals surface area (Å²) < 4.78 is 10.9. The van der Waals surface area contributed by atoms with Crippen LogP contribution in [0.25, 0.3) is 0 Å². The van der Waals surface area contributed by atoms with E-state index in [1.165, 1.54) is 19.4 Å². The van der Waals surface area contributed by atoms with Gasteiger partial charge in [0.1, 0.15) is 0 Å². The summed E-state index contributed by atoms with van der Waals surface area (Å²) in [5.41, 5.74) is 0. The summed E-state index contributed by atoms with van der Waals surface area (Å²) in [6.07, 6.45) is 3.36. The molecule has 0 amide bonds. The van der Waals surface area contributed by atoms with Crippen LogP contribution in [0.3, 0.4) is 0 Å². The quantitative estimate of drug-likeness (QED) is 0.420. The fourth-order valence-electron chi connectivity index (χ4n) is 1.61. The minimum Gasteiger partial charge on any atom is -0.353 e. The maximum Gasteiger partial charge on any atom is 0.158 e. The molecule has 0 aromatic rings. The van der Waals surface area contributed by atoms with Crippen molar-refractivity contribution < 1.29 is 9.47 Å². The van der Waals surface area contributed by atoms with E-state index in [4.69, 9.17) is 9.47 Å². The third-order valence-corrected chi connectivity index (χ3v) is 2.47. The van der Waals surface area contributed by atoms with Crippen molar-refractivity contribution in [2.45, 2.75) is 39.4 Å².